The van der Waals surface area contributed by atoms with Crippen LogP contribution < -0.4 is 16.4 Å². The van der Waals surface area contributed by atoms with Crippen molar-refractivity contribution in [1.29, 1.82) is 5.26 Å². The zero-order valence-corrected chi connectivity index (χ0v) is 22.2. The second-order valence-electron chi connectivity index (χ2n) is 9.21. The molecule has 2 aromatic heterocycles. The fourth-order valence-corrected chi connectivity index (χ4v) is 5.63. The Morgan fingerprint density at radius 1 is 1.00 bits per heavy atom. The molecule has 0 aliphatic rings. The van der Waals surface area contributed by atoms with E-state index >= 15 is 0 Å². The SMILES string of the molecule is CCc1ccc(Nc2sc3c(-c4ccc(C)cc4)c(C#N)c(N)nc3c2C(=O)Nc2cccc(C)c2)cc1. The van der Waals surface area contributed by atoms with Crippen molar-refractivity contribution >= 4 is 49.7 Å². The molecular weight excluding hydrogens is 490 g/mol. The summed E-state index contributed by atoms with van der Waals surface area (Å²) in [6.07, 6.45) is 0.938. The molecule has 0 saturated carbocycles. The summed E-state index contributed by atoms with van der Waals surface area (Å²) < 4.78 is 0.724. The van der Waals surface area contributed by atoms with E-state index in [2.05, 4.69) is 40.7 Å². The van der Waals surface area contributed by atoms with Gasteiger partial charge in [-0.25, -0.2) is 4.98 Å². The van der Waals surface area contributed by atoms with E-state index in [1.807, 2.05) is 74.5 Å². The van der Waals surface area contributed by atoms with Crippen LogP contribution in [0.3, 0.4) is 0 Å². The lowest BCUT2D eigenvalue weighted by Crippen LogP contribution is -2.13. The highest BCUT2D eigenvalue weighted by Gasteiger charge is 2.26. The molecule has 188 valence electrons. The zero-order chi connectivity index (χ0) is 26.8. The molecule has 0 fully saturated rings. The Kier molecular flexibility index (Phi) is 6.82. The molecule has 3 aromatic carbocycles. The lowest BCUT2D eigenvalue weighted by Gasteiger charge is -2.11. The van der Waals surface area contributed by atoms with Crippen LogP contribution in [0, 0.1) is 25.2 Å². The summed E-state index contributed by atoms with van der Waals surface area (Å²) in [4.78, 5) is 18.4. The number of rotatable bonds is 6. The van der Waals surface area contributed by atoms with E-state index in [9.17, 15) is 10.1 Å². The van der Waals surface area contributed by atoms with Gasteiger partial charge in [0.1, 0.15) is 28.0 Å². The number of aromatic nitrogens is 1. The van der Waals surface area contributed by atoms with Crippen LogP contribution in [-0.2, 0) is 6.42 Å². The molecule has 5 rings (SSSR count). The summed E-state index contributed by atoms with van der Waals surface area (Å²) in [6, 6.07) is 25.9. The van der Waals surface area contributed by atoms with E-state index in [0.29, 0.717) is 32.9 Å². The van der Waals surface area contributed by atoms with Crippen molar-refractivity contribution in [3.8, 4) is 17.2 Å². The van der Waals surface area contributed by atoms with E-state index in [4.69, 9.17) is 5.73 Å². The number of amides is 1. The van der Waals surface area contributed by atoms with Crippen LogP contribution >= 0.6 is 11.3 Å². The molecule has 7 heteroatoms. The maximum absolute atomic E-state index is 13.8. The number of benzene rings is 3. The summed E-state index contributed by atoms with van der Waals surface area (Å²) in [7, 11) is 0. The molecule has 0 radical (unpaired) electrons. The average molecular weight is 518 g/mol. The number of nitrogen functional groups attached to an aromatic ring is 1. The Balaban J connectivity index is 1.72. The molecule has 0 atom stereocenters. The van der Waals surface area contributed by atoms with Crippen molar-refractivity contribution in [3.05, 3.63) is 101 Å². The maximum atomic E-state index is 13.8. The van der Waals surface area contributed by atoms with E-state index < -0.39 is 0 Å². The summed E-state index contributed by atoms with van der Waals surface area (Å²) in [5.41, 5.74) is 13.9. The van der Waals surface area contributed by atoms with Crippen LogP contribution in [0.1, 0.15) is 39.5 Å². The van der Waals surface area contributed by atoms with Gasteiger partial charge < -0.3 is 16.4 Å². The number of fused-ring (bicyclic) bond motifs is 1. The number of pyridine rings is 1. The molecule has 0 aliphatic heterocycles. The van der Waals surface area contributed by atoms with Gasteiger partial charge in [-0.1, -0.05) is 61.0 Å². The molecule has 38 heavy (non-hydrogen) atoms. The zero-order valence-electron chi connectivity index (χ0n) is 21.4. The predicted molar refractivity (Wildman–Crippen MR) is 157 cm³/mol. The third-order valence-corrected chi connectivity index (χ3v) is 7.54. The highest BCUT2D eigenvalue weighted by Crippen LogP contribution is 2.44. The van der Waals surface area contributed by atoms with Gasteiger partial charge in [0, 0.05) is 16.9 Å². The Morgan fingerprint density at radius 2 is 1.74 bits per heavy atom. The lowest BCUT2D eigenvalue weighted by molar-refractivity contribution is 0.102. The maximum Gasteiger partial charge on any atom is 0.260 e. The van der Waals surface area contributed by atoms with E-state index in [-0.39, 0.29) is 11.7 Å². The molecule has 0 aliphatic carbocycles. The first-order chi connectivity index (χ1) is 18.4. The highest BCUT2D eigenvalue weighted by molar-refractivity contribution is 7.24. The number of hydrogen-bond acceptors (Lipinski definition) is 6. The van der Waals surface area contributed by atoms with Crippen LogP contribution in [-0.4, -0.2) is 10.9 Å². The third-order valence-electron chi connectivity index (χ3n) is 6.42. The number of carbonyl (C=O) groups is 1. The second-order valence-corrected chi connectivity index (χ2v) is 10.2. The van der Waals surface area contributed by atoms with Gasteiger partial charge >= 0.3 is 0 Å². The van der Waals surface area contributed by atoms with Crippen molar-refractivity contribution in [2.45, 2.75) is 27.2 Å². The monoisotopic (exact) mass is 517 g/mol. The Morgan fingerprint density at radius 3 is 2.39 bits per heavy atom. The predicted octanol–water partition coefficient (Wildman–Crippen LogP) is 7.59. The molecule has 0 unspecified atom stereocenters. The standard InChI is InChI=1S/C31H27N5OS/c1-4-20-10-14-22(15-11-20)35-31-26(30(37)34-23-7-5-6-19(3)16-23)27-28(38-31)25(24(17-32)29(33)36-27)21-12-8-18(2)9-13-21/h5-16,35H,4H2,1-3H3,(H2,33,36)(H,34,37). The van der Waals surface area contributed by atoms with Crippen LogP contribution in [0.4, 0.5) is 22.2 Å². The molecule has 4 N–H and O–H groups in total. The number of aryl methyl sites for hydroxylation is 3. The first-order valence-electron chi connectivity index (χ1n) is 12.3. The molecular formula is C31H27N5OS. The van der Waals surface area contributed by atoms with Crippen molar-refractivity contribution in [2.24, 2.45) is 0 Å². The summed E-state index contributed by atoms with van der Waals surface area (Å²) in [5.74, 6) is -0.210. The number of anilines is 4. The van der Waals surface area contributed by atoms with E-state index in [1.54, 1.807) is 0 Å². The van der Waals surface area contributed by atoms with Gasteiger partial charge in [0.15, 0.2) is 0 Å². The van der Waals surface area contributed by atoms with Gasteiger partial charge in [-0.05, 0) is 61.2 Å². The number of nitrogens with one attached hydrogen (secondary N) is 2. The Labute approximate surface area is 225 Å². The summed E-state index contributed by atoms with van der Waals surface area (Å²) in [5, 5.41) is 17.1. The largest absolute Gasteiger partial charge is 0.383 e. The van der Waals surface area contributed by atoms with Crippen LogP contribution in [0.15, 0.2) is 72.8 Å². The lowest BCUT2D eigenvalue weighted by atomic mass is 9.99. The topological polar surface area (TPSA) is 104 Å². The van der Waals surface area contributed by atoms with Gasteiger partial charge in [-0.2, -0.15) is 5.26 Å². The number of hydrogen-bond donors (Lipinski definition) is 3. The molecule has 6 nitrogen and oxygen atoms in total. The summed E-state index contributed by atoms with van der Waals surface area (Å²) in [6.45, 7) is 6.09. The Bertz CT molecular complexity index is 1700. The molecule has 0 saturated heterocycles. The minimum atomic E-state index is -0.305. The minimum Gasteiger partial charge on any atom is -0.383 e. The molecule has 2 heterocycles. The van der Waals surface area contributed by atoms with Crippen molar-refractivity contribution in [3.63, 3.8) is 0 Å². The Hall–Kier alpha value is -4.67. The van der Waals surface area contributed by atoms with Gasteiger partial charge in [0.2, 0.25) is 0 Å². The highest BCUT2D eigenvalue weighted by atomic mass is 32.1. The van der Waals surface area contributed by atoms with Crippen molar-refractivity contribution in [2.75, 3.05) is 16.4 Å². The number of thiophene rings is 1. The second kappa shape index (κ2) is 10.4. The number of nitrogens with zero attached hydrogens (tertiary/aromatic N) is 2. The molecule has 5 aromatic rings. The molecule has 1 amide bonds. The average Bonchev–Trinajstić information content (AvgIpc) is 3.26. The van der Waals surface area contributed by atoms with Gasteiger partial charge in [-0.15, -0.1) is 11.3 Å². The summed E-state index contributed by atoms with van der Waals surface area (Å²) >= 11 is 1.39. The van der Waals surface area contributed by atoms with E-state index in [1.165, 1.54) is 16.9 Å². The minimum absolute atomic E-state index is 0.0943. The van der Waals surface area contributed by atoms with Crippen LogP contribution in [0.5, 0.6) is 0 Å². The quantitative estimate of drug-likeness (QED) is 0.215. The number of nitriles is 1. The molecule has 0 bridgehead atoms. The fourth-order valence-electron chi connectivity index (χ4n) is 4.40. The normalized spacial score (nSPS) is 10.8. The first-order valence-corrected chi connectivity index (χ1v) is 13.2. The van der Waals surface area contributed by atoms with Crippen LogP contribution in [0.25, 0.3) is 21.3 Å². The number of nitrogens with two attached hydrogens (primary N) is 1. The van der Waals surface area contributed by atoms with Gasteiger partial charge in [0.05, 0.1) is 10.2 Å². The smallest absolute Gasteiger partial charge is 0.260 e. The molecule has 0 spiro atoms. The fraction of sp³-hybridized carbons (Fsp3) is 0.129. The number of carbonyl (C=O) groups excluding carboxylic acids is 1. The third kappa shape index (κ3) is 4.82. The van der Waals surface area contributed by atoms with E-state index in [0.717, 1.165) is 33.5 Å². The van der Waals surface area contributed by atoms with Gasteiger partial charge in [-0.3, -0.25) is 4.79 Å². The van der Waals surface area contributed by atoms with Crippen molar-refractivity contribution in [1.82, 2.24) is 4.98 Å². The van der Waals surface area contributed by atoms with Crippen molar-refractivity contribution < 1.29 is 4.79 Å². The first kappa shape index (κ1) is 25.0. The van der Waals surface area contributed by atoms with Gasteiger partial charge in [0.25, 0.3) is 5.91 Å². The van der Waals surface area contributed by atoms with Crippen LogP contribution in [0.2, 0.25) is 0 Å².